The second-order valence-electron chi connectivity index (χ2n) is 9.07. The molecule has 2 heterocycles. The average Bonchev–Trinajstić information content (AvgIpc) is 3.30. The number of sulfonamides is 1. The largest absolute Gasteiger partial charge is 0.425 e. The molecule has 194 valence electrons. The number of nitrogens with one attached hydrogen (secondary N) is 2. The van der Waals surface area contributed by atoms with Crippen molar-refractivity contribution in [3.05, 3.63) is 106 Å². The fourth-order valence-electron chi connectivity index (χ4n) is 4.42. The van der Waals surface area contributed by atoms with E-state index in [9.17, 15) is 18.0 Å². The van der Waals surface area contributed by atoms with E-state index in [0.29, 0.717) is 6.42 Å². The maximum Gasteiger partial charge on any atom is 0.336 e. The quantitative estimate of drug-likeness (QED) is 0.171. The smallest absolute Gasteiger partial charge is 0.336 e. The van der Waals surface area contributed by atoms with E-state index < -0.39 is 27.7 Å². The molecule has 9 heteroatoms. The van der Waals surface area contributed by atoms with Gasteiger partial charge in [-0.3, -0.25) is 0 Å². The molecule has 0 saturated heterocycles. The minimum absolute atomic E-state index is 0.0411. The first-order valence-corrected chi connectivity index (χ1v) is 13.6. The number of aryl methyl sites for hydroxylation is 2. The van der Waals surface area contributed by atoms with Crippen molar-refractivity contribution in [1.82, 2.24) is 9.71 Å². The summed E-state index contributed by atoms with van der Waals surface area (Å²) in [5.41, 5.74) is 3.14. The first-order valence-electron chi connectivity index (χ1n) is 12.2. The fraction of sp³-hybridized carbons (Fsp3) is 0.172. The van der Waals surface area contributed by atoms with E-state index in [1.807, 2.05) is 38.1 Å². The molecule has 0 bridgehead atoms. The molecular formula is C29H26N2O6S. The summed E-state index contributed by atoms with van der Waals surface area (Å²) >= 11 is 0. The lowest BCUT2D eigenvalue weighted by Gasteiger charge is -2.18. The van der Waals surface area contributed by atoms with Crippen molar-refractivity contribution in [2.24, 2.45) is 0 Å². The van der Waals surface area contributed by atoms with Crippen molar-refractivity contribution in [2.75, 3.05) is 0 Å². The summed E-state index contributed by atoms with van der Waals surface area (Å²) in [6, 6.07) is 18.9. The third-order valence-corrected chi connectivity index (χ3v) is 7.90. The molecule has 0 saturated carbocycles. The highest BCUT2D eigenvalue weighted by Gasteiger charge is 2.29. The lowest BCUT2D eigenvalue weighted by Crippen LogP contribution is -2.44. The van der Waals surface area contributed by atoms with Gasteiger partial charge in [-0.25, -0.2) is 18.0 Å². The van der Waals surface area contributed by atoms with Gasteiger partial charge in [-0.2, -0.15) is 4.72 Å². The molecule has 0 radical (unpaired) electrons. The summed E-state index contributed by atoms with van der Waals surface area (Å²) in [5.74, 6) is -0.656. The number of aromatic nitrogens is 1. The van der Waals surface area contributed by atoms with Gasteiger partial charge in [0.25, 0.3) is 0 Å². The highest BCUT2D eigenvalue weighted by Crippen LogP contribution is 2.25. The molecular weight excluding hydrogens is 504 g/mol. The van der Waals surface area contributed by atoms with E-state index in [1.54, 1.807) is 30.5 Å². The highest BCUT2D eigenvalue weighted by molar-refractivity contribution is 7.89. The fourth-order valence-corrected chi connectivity index (χ4v) is 5.60. The van der Waals surface area contributed by atoms with Gasteiger partial charge in [-0.1, -0.05) is 42.8 Å². The third kappa shape index (κ3) is 5.25. The number of esters is 1. The molecule has 1 atom stereocenters. The lowest BCUT2D eigenvalue weighted by molar-refractivity contribution is -0.136. The number of H-pyrrole nitrogens is 1. The topological polar surface area (TPSA) is 118 Å². The maximum atomic E-state index is 13.4. The molecule has 0 spiro atoms. The number of hydrogen-bond acceptors (Lipinski definition) is 6. The summed E-state index contributed by atoms with van der Waals surface area (Å²) in [6.07, 6.45) is 2.44. The zero-order chi connectivity index (χ0) is 26.9. The normalized spacial score (nSPS) is 12.6. The van der Waals surface area contributed by atoms with Crippen molar-refractivity contribution in [2.45, 2.75) is 37.6 Å². The number of ether oxygens (including phenoxy) is 1. The molecule has 0 amide bonds. The number of rotatable bonds is 8. The Morgan fingerprint density at radius 1 is 1.00 bits per heavy atom. The van der Waals surface area contributed by atoms with Crippen LogP contribution in [-0.4, -0.2) is 25.4 Å². The SMILES string of the molecule is CCc1cc(=O)oc2cc(OC(=O)[C@@H](Cc3c[nH]c4ccccc34)NS(=O)(=O)c3ccc(C)cc3)ccc12. The van der Waals surface area contributed by atoms with Crippen molar-refractivity contribution < 1.29 is 22.4 Å². The summed E-state index contributed by atoms with van der Waals surface area (Å²) in [5, 5.41) is 1.61. The molecule has 3 aromatic carbocycles. The van der Waals surface area contributed by atoms with Gasteiger partial charge in [0.1, 0.15) is 17.4 Å². The highest BCUT2D eigenvalue weighted by atomic mass is 32.2. The van der Waals surface area contributed by atoms with Gasteiger partial charge in [0.15, 0.2) is 0 Å². The lowest BCUT2D eigenvalue weighted by atomic mass is 10.1. The van der Waals surface area contributed by atoms with Crippen LogP contribution in [0.5, 0.6) is 5.75 Å². The van der Waals surface area contributed by atoms with Crippen LogP contribution in [0.2, 0.25) is 0 Å². The first kappa shape index (κ1) is 25.4. The number of carbonyl (C=O) groups excluding carboxylic acids is 1. The Balaban J connectivity index is 1.48. The molecule has 5 rings (SSSR count). The second-order valence-corrected chi connectivity index (χ2v) is 10.8. The first-order chi connectivity index (χ1) is 18.2. The molecule has 2 N–H and O–H groups in total. The number of benzene rings is 3. The zero-order valence-electron chi connectivity index (χ0n) is 20.9. The van der Waals surface area contributed by atoms with Crippen LogP contribution in [0.3, 0.4) is 0 Å². The molecule has 0 unspecified atom stereocenters. The van der Waals surface area contributed by atoms with Gasteiger partial charge in [-0.05, 0) is 54.8 Å². The Morgan fingerprint density at radius 2 is 1.76 bits per heavy atom. The number of hydrogen-bond donors (Lipinski definition) is 2. The van der Waals surface area contributed by atoms with E-state index in [1.165, 1.54) is 24.3 Å². The van der Waals surface area contributed by atoms with Gasteiger partial charge in [0.2, 0.25) is 10.0 Å². The molecule has 8 nitrogen and oxygen atoms in total. The van der Waals surface area contributed by atoms with Crippen molar-refractivity contribution in [3.8, 4) is 5.75 Å². The van der Waals surface area contributed by atoms with Crippen LogP contribution < -0.4 is 15.1 Å². The second kappa shape index (κ2) is 10.3. The van der Waals surface area contributed by atoms with Crippen LogP contribution in [0.4, 0.5) is 0 Å². The van der Waals surface area contributed by atoms with E-state index in [2.05, 4.69) is 9.71 Å². The van der Waals surface area contributed by atoms with Crippen molar-refractivity contribution in [3.63, 3.8) is 0 Å². The summed E-state index contributed by atoms with van der Waals surface area (Å²) in [4.78, 5) is 28.5. The Hall–Kier alpha value is -4.21. The van der Waals surface area contributed by atoms with Gasteiger partial charge in [0.05, 0.1) is 4.90 Å². The molecule has 0 fully saturated rings. The average molecular weight is 531 g/mol. The van der Waals surface area contributed by atoms with Gasteiger partial charge >= 0.3 is 11.6 Å². The number of aromatic amines is 1. The Morgan fingerprint density at radius 3 is 2.53 bits per heavy atom. The monoisotopic (exact) mass is 530 g/mol. The predicted octanol–water partition coefficient (Wildman–Crippen LogP) is 4.64. The minimum Gasteiger partial charge on any atom is -0.425 e. The van der Waals surface area contributed by atoms with Crippen molar-refractivity contribution >= 4 is 37.9 Å². The van der Waals surface area contributed by atoms with Crippen LogP contribution in [0.25, 0.3) is 21.9 Å². The van der Waals surface area contributed by atoms with E-state index >= 15 is 0 Å². The number of carbonyl (C=O) groups is 1. The summed E-state index contributed by atoms with van der Waals surface area (Å²) < 4.78 is 39.9. The van der Waals surface area contributed by atoms with E-state index in [-0.39, 0.29) is 22.6 Å². The van der Waals surface area contributed by atoms with E-state index in [0.717, 1.165) is 33.0 Å². The number of fused-ring (bicyclic) bond motifs is 2. The molecule has 0 aliphatic rings. The zero-order valence-corrected chi connectivity index (χ0v) is 21.7. The van der Waals surface area contributed by atoms with Crippen molar-refractivity contribution in [1.29, 1.82) is 0 Å². The van der Waals surface area contributed by atoms with Crippen LogP contribution >= 0.6 is 0 Å². The summed E-state index contributed by atoms with van der Waals surface area (Å²) in [6.45, 7) is 3.79. The Kier molecular flexibility index (Phi) is 6.88. The molecule has 2 aromatic heterocycles. The summed E-state index contributed by atoms with van der Waals surface area (Å²) in [7, 11) is -4.04. The van der Waals surface area contributed by atoms with Crippen LogP contribution in [0, 0.1) is 6.92 Å². The van der Waals surface area contributed by atoms with Gasteiger partial charge < -0.3 is 14.1 Å². The Bertz CT molecular complexity index is 1800. The van der Waals surface area contributed by atoms with Crippen LogP contribution in [0.15, 0.2) is 93.1 Å². The molecule has 0 aliphatic carbocycles. The maximum absolute atomic E-state index is 13.4. The predicted molar refractivity (Wildman–Crippen MR) is 145 cm³/mol. The number of para-hydroxylation sites is 1. The van der Waals surface area contributed by atoms with Crippen LogP contribution in [0.1, 0.15) is 23.6 Å². The third-order valence-electron chi connectivity index (χ3n) is 6.41. The minimum atomic E-state index is -4.04. The van der Waals surface area contributed by atoms with E-state index in [4.69, 9.17) is 9.15 Å². The molecule has 0 aliphatic heterocycles. The standard InChI is InChI=1S/C29H26N2O6S/c1-3-19-15-28(32)37-27-16-21(10-13-24(19)27)36-29(33)26(14-20-17-30-25-7-5-4-6-23(20)25)31-38(34,35)22-11-8-18(2)9-12-22/h4-13,15-17,26,30-31H,3,14H2,1-2H3/t26-/m1/s1. The van der Waals surface area contributed by atoms with Gasteiger partial charge in [-0.15, -0.1) is 0 Å². The molecule has 5 aromatic rings. The van der Waals surface area contributed by atoms with Crippen LogP contribution in [-0.2, 0) is 27.7 Å². The molecule has 38 heavy (non-hydrogen) atoms. The Labute approximate surface area is 219 Å². The van der Waals surface area contributed by atoms with Gasteiger partial charge in [0, 0.05) is 41.0 Å².